The molecule has 0 saturated carbocycles. The molecule has 0 aromatic carbocycles. The molecule has 0 aromatic rings. The topological polar surface area (TPSA) is 49.8 Å². The fraction of sp³-hybridized carbons (Fsp3) is 0.700. The average Bonchev–Trinajstić information content (AvgIpc) is 2.62. The van der Waals surface area contributed by atoms with Crippen LogP contribution in [0, 0.1) is 0 Å². The second kappa shape index (κ2) is 3.50. The Bertz CT molecular complexity index is 241. The molecule has 0 aromatic heterocycles. The van der Waals surface area contributed by atoms with Crippen LogP contribution in [0.1, 0.15) is 33.6 Å². The monoisotopic (exact) mass is 184 g/mol. The SMILES string of the molecule is CC(C)=CCC[C@@]1(C)O[C@@H]1C(=O)O. The van der Waals surface area contributed by atoms with Gasteiger partial charge in [-0.3, -0.25) is 0 Å². The molecule has 1 fully saturated rings. The maximum atomic E-state index is 10.5. The van der Waals surface area contributed by atoms with Gasteiger partial charge < -0.3 is 9.84 Å². The number of epoxide rings is 1. The number of hydrogen-bond acceptors (Lipinski definition) is 2. The molecule has 13 heavy (non-hydrogen) atoms. The van der Waals surface area contributed by atoms with Crippen molar-refractivity contribution in [2.45, 2.75) is 45.3 Å². The Balaban J connectivity index is 2.32. The molecule has 1 aliphatic heterocycles. The summed E-state index contributed by atoms with van der Waals surface area (Å²) >= 11 is 0. The van der Waals surface area contributed by atoms with E-state index in [2.05, 4.69) is 6.08 Å². The summed E-state index contributed by atoms with van der Waals surface area (Å²) in [6.07, 6.45) is 3.20. The quantitative estimate of drug-likeness (QED) is 0.537. The molecule has 3 heteroatoms. The van der Waals surface area contributed by atoms with E-state index >= 15 is 0 Å². The highest BCUT2D eigenvalue weighted by molar-refractivity contribution is 5.77. The van der Waals surface area contributed by atoms with Crippen LogP contribution in [-0.4, -0.2) is 22.8 Å². The Kier molecular flexibility index (Phi) is 2.76. The summed E-state index contributed by atoms with van der Waals surface area (Å²) in [6, 6.07) is 0. The number of hydrogen-bond donors (Lipinski definition) is 1. The first-order chi connectivity index (χ1) is 5.96. The van der Waals surface area contributed by atoms with Gasteiger partial charge in [0.25, 0.3) is 0 Å². The van der Waals surface area contributed by atoms with Gasteiger partial charge in [0.15, 0.2) is 6.10 Å². The molecule has 1 saturated heterocycles. The highest BCUT2D eigenvalue weighted by Crippen LogP contribution is 2.40. The zero-order chi connectivity index (χ0) is 10.1. The van der Waals surface area contributed by atoms with Crippen molar-refractivity contribution >= 4 is 5.97 Å². The van der Waals surface area contributed by atoms with Crippen LogP contribution in [0.4, 0.5) is 0 Å². The van der Waals surface area contributed by atoms with E-state index in [9.17, 15) is 4.79 Å². The molecular formula is C10H16O3. The van der Waals surface area contributed by atoms with Crippen LogP contribution in [0.5, 0.6) is 0 Å². The van der Waals surface area contributed by atoms with Gasteiger partial charge in [0.1, 0.15) is 5.60 Å². The van der Waals surface area contributed by atoms with Crippen LogP contribution >= 0.6 is 0 Å². The predicted molar refractivity (Wildman–Crippen MR) is 49.6 cm³/mol. The largest absolute Gasteiger partial charge is 0.479 e. The van der Waals surface area contributed by atoms with E-state index in [0.29, 0.717) is 0 Å². The molecule has 1 N–H and O–H groups in total. The Morgan fingerprint density at radius 2 is 2.23 bits per heavy atom. The molecule has 1 aliphatic rings. The van der Waals surface area contributed by atoms with Gasteiger partial charge in [-0.2, -0.15) is 0 Å². The fourth-order valence-corrected chi connectivity index (χ4v) is 1.38. The lowest BCUT2D eigenvalue weighted by Crippen LogP contribution is -2.16. The van der Waals surface area contributed by atoms with E-state index in [0.717, 1.165) is 12.8 Å². The molecule has 2 atom stereocenters. The number of aliphatic carboxylic acids is 1. The lowest BCUT2D eigenvalue weighted by atomic mass is 10.0. The van der Waals surface area contributed by atoms with Crippen molar-refractivity contribution < 1.29 is 14.6 Å². The average molecular weight is 184 g/mol. The Morgan fingerprint density at radius 1 is 1.62 bits per heavy atom. The maximum Gasteiger partial charge on any atom is 0.335 e. The number of carbonyl (C=O) groups is 1. The van der Waals surface area contributed by atoms with Crippen molar-refractivity contribution in [3.8, 4) is 0 Å². The summed E-state index contributed by atoms with van der Waals surface area (Å²) in [7, 11) is 0. The molecule has 0 unspecified atom stereocenters. The molecule has 0 aliphatic carbocycles. The Morgan fingerprint density at radius 3 is 2.62 bits per heavy atom. The van der Waals surface area contributed by atoms with Crippen molar-refractivity contribution in [1.29, 1.82) is 0 Å². The van der Waals surface area contributed by atoms with Gasteiger partial charge in [-0.25, -0.2) is 4.79 Å². The molecule has 0 amide bonds. The van der Waals surface area contributed by atoms with Crippen LogP contribution in [0.25, 0.3) is 0 Å². The minimum atomic E-state index is -0.847. The van der Waals surface area contributed by atoms with Gasteiger partial charge in [0.05, 0.1) is 0 Å². The second-order valence-electron chi connectivity index (χ2n) is 3.97. The third-order valence-electron chi connectivity index (χ3n) is 2.30. The minimum Gasteiger partial charge on any atom is -0.479 e. The van der Waals surface area contributed by atoms with Crippen LogP contribution in [-0.2, 0) is 9.53 Å². The van der Waals surface area contributed by atoms with Gasteiger partial charge in [-0.05, 0) is 33.6 Å². The van der Waals surface area contributed by atoms with E-state index in [1.54, 1.807) is 0 Å². The first-order valence-corrected chi connectivity index (χ1v) is 4.50. The number of allylic oxidation sites excluding steroid dienone is 2. The predicted octanol–water partition coefficient (Wildman–Crippen LogP) is 1.97. The summed E-state index contributed by atoms with van der Waals surface area (Å²) in [5, 5.41) is 8.66. The first kappa shape index (κ1) is 10.3. The third-order valence-corrected chi connectivity index (χ3v) is 2.30. The molecule has 0 bridgehead atoms. The molecule has 1 rings (SSSR count). The summed E-state index contributed by atoms with van der Waals surface area (Å²) in [6.45, 7) is 5.92. The minimum absolute atomic E-state index is 0.419. The molecule has 0 radical (unpaired) electrons. The van der Waals surface area contributed by atoms with E-state index in [1.165, 1.54) is 5.57 Å². The Labute approximate surface area is 78.4 Å². The number of ether oxygens (including phenoxy) is 1. The summed E-state index contributed by atoms with van der Waals surface area (Å²) in [5.74, 6) is -0.847. The highest BCUT2D eigenvalue weighted by Gasteiger charge is 2.56. The molecular weight excluding hydrogens is 168 g/mol. The van der Waals surface area contributed by atoms with Crippen molar-refractivity contribution in [3.05, 3.63) is 11.6 Å². The van der Waals surface area contributed by atoms with Gasteiger partial charge in [-0.15, -0.1) is 0 Å². The second-order valence-corrected chi connectivity index (χ2v) is 3.97. The van der Waals surface area contributed by atoms with Gasteiger partial charge in [-0.1, -0.05) is 11.6 Å². The van der Waals surface area contributed by atoms with Gasteiger partial charge in [0, 0.05) is 0 Å². The van der Waals surface area contributed by atoms with Crippen molar-refractivity contribution in [2.24, 2.45) is 0 Å². The Hall–Kier alpha value is -0.830. The standard InChI is InChI=1S/C10H16O3/c1-7(2)5-4-6-10(3)8(13-10)9(11)12/h5,8H,4,6H2,1-3H3,(H,11,12)/t8-,10-/m1/s1. The molecule has 1 heterocycles. The smallest absolute Gasteiger partial charge is 0.335 e. The van der Waals surface area contributed by atoms with Crippen LogP contribution in [0.2, 0.25) is 0 Å². The van der Waals surface area contributed by atoms with Crippen LogP contribution < -0.4 is 0 Å². The van der Waals surface area contributed by atoms with E-state index in [1.807, 2.05) is 20.8 Å². The summed E-state index contributed by atoms with van der Waals surface area (Å²) < 4.78 is 5.12. The zero-order valence-electron chi connectivity index (χ0n) is 8.33. The highest BCUT2D eigenvalue weighted by atomic mass is 16.6. The van der Waals surface area contributed by atoms with E-state index in [-0.39, 0.29) is 0 Å². The lowest BCUT2D eigenvalue weighted by Gasteiger charge is -2.01. The van der Waals surface area contributed by atoms with Gasteiger partial charge >= 0.3 is 5.97 Å². The lowest BCUT2D eigenvalue weighted by molar-refractivity contribution is -0.138. The van der Waals surface area contributed by atoms with E-state index in [4.69, 9.17) is 9.84 Å². The third kappa shape index (κ3) is 2.56. The number of carboxylic acids is 1. The number of carboxylic acid groups (broad SMARTS) is 1. The molecule has 3 nitrogen and oxygen atoms in total. The first-order valence-electron chi connectivity index (χ1n) is 4.50. The maximum absolute atomic E-state index is 10.5. The van der Waals surface area contributed by atoms with Gasteiger partial charge in [0.2, 0.25) is 0 Å². The van der Waals surface area contributed by atoms with Crippen LogP contribution in [0.15, 0.2) is 11.6 Å². The number of rotatable bonds is 4. The fourth-order valence-electron chi connectivity index (χ4n) is 1.38. The normalized spacial score (nSPS) is 31.2. The van der Waals surface area contributed by atoms with Crippen LogP contribution in [0.3, 0.4) is 0 Å². The van der Waals surface area contributed by atoms with Crippen molar-refractivity contribution in [2.75, 3.05) is 0 Å². The zero-order valence-corrected chi connectivity index (χ0v) is 8.33. The van der Waals surface area contributed by atoms with Crippen molar-refractivity contribution in [3.63, 3.8) is 0 Å². The summed E-state index contributed by atoms with van der Waals surface area (Å²) in [5.41, 5.74) is 0.841. The molecule has 0 spiro atoms. The summed E-state index contributed by atoms with van der Waals surface area (Å²) in [4.78, 5) is 10.5. The van der Waals surface area contributed by atoms with Crippen molar-refractivity contribution in [1.82, 2.24) is 0 Å². The molecule has 74 valence electrons. The van der Waals surface area contributed by atoms with E-state index < -0.39 is 17.7 Å².